The largest absolute Gasteiger partial charge is 0.463 e. The number of rotatable bonds is 25. The van der Waals surface area contributed by atoms with Gasteiger partial charge < -0.3 is 14.6 Å². The molecule has 0 aliphatic carbocycles. The van der Waals surface area contributed by atoms with Crippen LogP contribution >= 0.6 is 0 Å². The summed E-state index contributed by atoms with van der Waals surface area (Å²) in [5.41, 5.74) is 0. The molecular weight excluding hydrogens is 428 g/mol. The molecule has 0 aromatic carbocycles. The third-order valence-electron chi connectivity index (χ3n) is 6.27. The van der Waals surface area contributed by atoms with E-state index in [1.54, 1.807) is 0 Å². The summed E-state index contributed by atoms with van der Waals surface area (Å²) in [5, 5.41) is 9.88. The fourth-order valence-corrected chi connectivity index (χ4v) is 4.03. The van der Waals surface area contributed by atoms with Crippen LogP contribution in [-0.4, -0.2) is 36.4 Å². The Bertz CT molecular complexity index is 463. The predicted octanol–water partition coefficient (Wildman–Crippen LogP) is 7.91. The summed E-state index contributed by atoms with van der Waals surface area (Å²) in [6, 6.07) is 0. The molecule has 202 valence electrons. The Hall–Kier alpha value is -1.10. The van der Waals surface area contributed by atoms with Gasteiger partial charge in [-0.05, 0) is 18.8 Å². The first-order valence-corrected chi connectivity index (χ1v) is 14.4. The van der Waals surface area contributed by atoms with Crippen LogP contribution in [0.25, 0.3) is 0 Å². The molecule has 0 amide bonds. The molecule has 0 rings (SSSR count). The van der Waals surface area contributed by atoms with E-state index < -0.39 is 6.10 Å². The van der Waals surface area contributed by atoms with Crippen LogP contribution < -0.4 is 0 Å². The van der Waals surface area contributed by atoms with Crippen molar-refractivity contribution >= 4 is 11.9 Å². The molecule has 34 heavy (non-hydrogen) atoms. The molecule has 5 nitrogen and oxygen atoms in total. The van der Waals surface area contributed by atoms with Crippen LogP contribution in [0.3, 0.4) is 0 Å². The molecule has 0 aromatic heterocycles. The zero-order chi connectivity index (χ0) is 25.3. The van der Waals surface area contributed by atoms with E-state index in [0.717, 1.165) is 44.4 Å². The van der Waals surface area contributed by atoms with Crippen molar-refractivity contribution in [3.63, 3.8) is 0 Å². The average molecular weight is 485 g/mol. The summed E-state index contributed by atoms with van der Waals surface area (Å²) in [6.07, 6.45) is 21.5. The first-order valence-electron chi connectivity index (χ1n) is 14.4. The molecule has 0 aliphatic heterocycles. The smallest absolute Gasteiger partial charge is 0.305 e. The summed E-state index contributed by atoms with van der Waals surface area (Å²) in [7, 11) is 0. The fourth-order valence-electron chi connectivity index (χ4n) is 4.03. The lowest BCUT2D eigenvalue weighted by Gasteiger charge is -2.12. The molecule has 5 heteroatoms. The van der Waals surface area contributed by atoms with Gasteiger partial charge in [0, 0.05) is 12.8 Å². The monoisotopic (exact) mass is 484 g/mol. The van der Waals surface area contributed by atoms with Gasteiger partial charge in [-0.25, -0.2) is 0 Å². The van der Waals surface area contributed by atoms with E-state index in [4.69, 9.17) is 9.47 Å². The Morgan fingerprint density at radius 1 is 0.588 bits per heavy atom. The Labute approximate surface area is 210 Å². The zero-order valence-corrected chi connectivity index (χ0v) is 22.8. The van der Waals surface area contributed by atoms with E-state index in [1.807, 2.05) is 0 Å². The number of unbranched alkanes of at least 4 members (excludes halogenated alkanes) is 15. The predicted molar refractivity (Wildman–Crippen MR) is 141 cm³/mol. The Morgan fingerprint density at radius 2 is 0.941 bits per heavy atom. The molecular formula is C29H56O5. The highest BCUT2D eigenvalue weighted by Crippen LogP contribution is 2.13. The minimum Gasteiger partial charge on any atom is -0.463 e. The van der Waals surface area contributed by atoms with Gasteiger partial charge in [-0.15, -0.1) is 0 Å². The van der Waals surface area contributed by atoms with Gasteiger partial charge in [-0.2, -0.15) is 0 Å². The van der Waals surface area contributed by atoms with Crippen LogP contribution in [-0.2, 0) is 19.1 Å². The van der Waals surface area contributed by atoms with Gasteiger partial charge in [-0.3, -0.25) is 9.59 Å². The molecule has 0 heterocycles. The summed E-state index contributed by atoms with van der Waals surface area (Å²) in [4.78, 5) is 23.6. The number of aliphatic hydroxyl groups is 1. The standard InChI is InChI=1S/C29H56O5/c1-4-5-6-7-8-9-13-16-19-22-28(31)33-24-27(30)25-34-29(32)23-20-17-14-11-10-12-15-18-21-26(2)3/h26-27,30H,4-25H2,1-3H3/t27-/m0/s1. The molecule has 0 radical (unpaired) electrons. The molecule has 0 aliphatic rings. The first kappa shape index (κ1) is 32.9. The van der Waals surface area contributed by atoms with Crippen molar-refractivity contribution in [1.82, 2.24) is 0 Å². The van der Waals surface area contributed by atoms with E-state index in [9.17, 15) is 14.7 Å². The van der Waals surface area contributed by atoms with Crippen LogP contribution in [0.5, 0.6) is 0 Å². The lowest BCUT2D eigenvalue weighted by Crippen LogP contribution is -2.25. The van der Waals surface area contributed by atoms with Crippen molar-refractivity contribution in [3.8, 4) is 0 Å². The van der Waals surface area contributed by atoms with Gasteiger partial charge in [0.05, 0.1) is 0 Å². The lowest BCUT2D eigenvalue weighted by molar-refractivity contribution is -0.152. The van der Waals surface area contributed by atoms with Crippen molar-refractivity contribution in [3.05, 3.63) is 0 Å². The van der Waals surface area contributed by atoms with E-state index in [1.165, 1.54) is 77.0 Å². The number of carbonyl (C=O) groups excluding carboxylic acids is 2. The van der Waals surface area contributed by atoms with Gasteiger partial charge in [0.1, 0.15) is 19.3 Å². The molecule has 0 fully saturated rings. The summed E-state index contributed by atoms with van der Waals surface area (Å²) >= 11 is 0. The second-order valence-electron chi connectivity index (χ2n) is 10.4. The highest BCUT2D eigenvalue weighted by atomic mass is 16.6. The third kappa shape index (κ3) is 25.5. The van der Waals surface area contributed by atoms with Crippen molar-refractivity contribution in [2.75, 3.05) is 13.2 Å². The summed E-state index contributed by atoms with van der Waals surface area (Å²) in [5.74, 6) is 0.243. The minimum absolute atomic E-state index is 0.110. The van der Waals surface area contributed by atoms with E-state index in [0.29, 0.717) is 12.8 Å². The molecule has 0 aromatic rings. The highest BCUT2D eigenvalue weighted by molar-refractivity contribution is 5.69. The van der Waals surface area contributed by atoms with Crippen molar-refractivity contribution in [2.24, 2.45) is 5.92 Å². The fraction of sp³-hybridized carbons (Fsp3) is 0.931. The quantitative estimate of drug-likeness (QED) is 0.105. The summed E-state index contributed by atoms with van der Waals surface area (Å²) < 4.78 is 10.2. The maximum absolute atomic E-state index is 11.8. The van der Waals surface area contributed by atoms with Gasteiger partial charge in [-0.1, -0.05) is 124 Å². The number of ether oxygens (including phenoxy) is 2. The molecule has 0 bridgehead atoms. The SMILES string of the molecule is CCCCCCCCCCCC(=O)OC[C@H](O)COC(=O)CCCCCCCCCCC(C)C. The van der Waals surface area contributed by atoms with Crippen LogP contribution in [0, 0.1) is 5.92 Å². The number of hydrogen-bond donors (Lipinski definition) is 1. The number of carbonyl (C=O) groups is 2. The maximum Gasteiger partial charge on any atom is 0.305 e. The number of esters is 2. The van der Waals surface area contributed by atoms with Gasteiger partial charge in [0.15, 0.2) is 0 Å². The van der Waals surface area contributed by atoms with Crippen LogP contribution in [0.1, 0.15) is 149 Å². The highest BCUT2D eigenvalue weighted by Gasteiger charge is 2.12. The van der Waals surface area contributed by atoms with E-state index >= 15 is 0 Å². The minimum atomic E-state index is -0.952. The van der Waals surface area contributed by atoms with E-state index in [-0.39, 0.29) is 25.2 Å². The number of hydrogen-bond acceptors (Lipinski definition) is 5. The third-order valence-corrected chi connectivity index (χ3v) is 6.27. The van der Waals surface area contributed by atoms with Crippen molar-refractivity contribution in [2.45, 2.75) is 155 Å². The topological polar surface area (TPSA) is 72.8 Å². The average Bonchev–Trinajstić information content (AvgIpc) is 2.81. The molecule has 0 saturated heterocycles. The second kappa shape index (κ2) is 25.0. The van der Waals surface area contributed by atoms with Gasteiger partial charge in [0.2, 0.25) is 0 Å². The lowest BCUT2D eigenvalue weighted by atomic mass is 10.0. The Balaban J connectivity index is 3.44. The molecule has 1 atom stereocenters. The second-order valence-corrected chi connectivity index (χ2v) is 10.4. The van der Waals surface area contributed by atoms with Gasteiger partial charge in [0.25, 0.3) is 0 Å². The van der Waals surface area contributed by atoms with Crippen LogP contribution in [0.4, 0.5) is 0 Å². The first-order chi connectivity index (χ1) is 16.5. The van der Waals surface area contributed by atoms with Crippen molar-refractivity contribution < 1.29 is 24.2 Å². The number of aliphatic hydroxyl groups excluding tert-OH is 1. The normalized spacial score (nSPS) is 12.1. The molecule has 1 N–H and O–H groups in total. The molecule has 0 saturated carbocycles. The van der Waals surface area contributed by atoms with E-state index in [2.05, 4.69) is 20.8 Å². The Morgan fingerprint density at radius 3 is 1.32 bits per heavy atom. The maximum atomic E-state index is 11.8. The summed E-state index contributed by atoms with van der Waals surface area (Å²) in [6.45, 7) is 6.56. The Kier molecular flexibility index (Phi) is 24.2. The molecule has 0 unspecified atom stereocenters. The van der Waals surface area contributed by atoms with Crippen LogP contribution in [0.2, 0.25) is 0 Å². The molecule has 0 spiro atoms. The van der Waals surface area contributed by atoms with Crippen molar-refractivity contribution in [1.29, 1.82) is 0 Å². The van der Waals surface area contributed by atoms with Crippen LogP contribution in [0.15, 0.2) is 0 Å². The van der Waals surface area contributed by atoms with Gasteiger partial charge >= 0.3 is 11.9 Å². The zero-order valence-electron chi connectivity index (χ0n) is 22.8.